The van der Waals surface area contributed by atoms with Gasteiger partial charge in [0.25, 0.3) is 0 Å². The van der Waals surface area contributed by atoms with E-state index in [9.17, 15) is 8.42 Å². The van der Waals surface area contributed by atoms with Crippen LogP contribution in [0.1, 0.15) is 18.9 Å². The Balaban J connectivity index is 1.69. The molecule has 5 heteroatoms. The topological polar surface area (TPSA) is 46.6 Å². The molecule has 114 valence electrons. The standard InChI is InChI=1S/C16H21NO3S/c1-13-6-7-17(8-9-21(13,18)19)11-14-10-15-4-2-3-5-16(15)20-12-14/h2-5,10,13H,6-9,11-12H2,1H3. The number of rotatable bonds is 2. The first-order valence-electron chi connectivity index (χ1n) is 7.40. The van der Waals surface area contributed by atoms with Crippen molar-refractivity contribution in [3.05, 3.63) is 35.4 Å². The van der Waals surface area contributed by atoms with E-state index in [1.54, 1.807) is 0 Å². The Bertz CT molecular complexity index is 651. The zero-order valence-corrected chi connectivity index (χ0v) is 13.1. The van der Waals surface area contributed by atoms with Crippen LogP contribution in [0.15, 0.2) is 29.8 Å². The fourth-order valence-corrected chi connectivity index (χ4v) is 4.19. The lowest BCUT2D eigenvalue weighted by Crippen LogP contribution is -2.31. The molecule has 1 aromatic carbocycles. The molecule has 2 aliphatic heterocycles. The van der Waals surface area contributed by atoms with Crippen LogP contribution in [0, 0.1) is 0 Å². The second-order valence-corrected chi connectivity index (χ2v) is 8.41. The molecule has 0 spiro atoms. The van der Waals surface area contributed by atoms with Gasteiger partial charge in [-0.05, 0) is 37.6 Å². The SMILES string of the molecule is CC1CCN(CC2=Cc3ccccc3OC2)CCS1(=O)=O. The molecular weight excluding hydrogens is 286 g/mol. The van der Waals surface area contributed by atoms with Crippen molar-refractivity contribution in [1.82, 2.24) is 4.90 Å². The Labute approximate surface area is 126 Å². The maximum absolute atomic E-state index is 11.9. The summed E-state index contributed by atoms with van der Waals surface area (Å²) in [6.07, 6.45) is 2.88. The van der Waals surface area contributed by atoms with Gasteiger partial charge < -0.3 is 4.74 Å². The largest absolute Gasteiger partial charge is 0.489 e. The zero-order chi connectivity index (χ0) is 14.9. The second kappa shape index (κ2) is 5.81. The van der Waals surface area contributed by atoms with Crippen molar-refractivity contribution in [2.45, 2.75) is 18.6 Å². The van der Waals surface area contributed by atoms with Crippen LogP contribution < -0.4 is 4.74 Å². The molecule has 4 nitrogen and oxygen atoms in total. The first-order chi connectivity index (χ1) is 10.0. The maximum Gasteiger partial charge on any atom is 0.154 e. The van der Waals surface area contributed by atoms with Crippen LogP contribution in [-0.2, 0) is 9.84 Å². The minimum absolute atomic E-state index is 0.222. The fourth-order valence-electron chi connectivity index (χ4n) is 2.81. The van der Waals surface area contributed by atoms with E-state index in [1.807, 2.05) is 31.2 Å². The molecule has 0 radical (unpaired) electrons. The summed E-state index contributed by atoms with van der Waals surface area (Å²) < 4.78 is 29.6. The van der Waals surface area contributed by atoms with E-state index in [-0.39, 0.29) is 11.0 Å². The van der Waals surface area contributed by atoms with Crippen molar-refractivity contribution in [1.29, 1.82) is 0 Å². The van der Waals surface area contributed by atoms with E-state index in [4.69, 9.17) is 4.74 Å². The van der Waals surface area contributed by atoms with Gasteiger partial charge in [0.15, 0.2) is 9.84 Å². The average Bonchev–Trinajstić information content (AvgIpc) is 2.60. The Kier molecular flexibility index (Phi) is 4.04. The minimum atomic E-state index is -2.91. The van der Waals surface area contributed by atoms with Crippen molar-refractivity contribution in [3.8, 4) is 5.75 Å². The lowest BCUT2D eigenvalue weighted by Gasteiger charge is -2.24. The number of nitrogens with zero attached hydrogens (tertiary/aromatic N) is 1. The van der Waals surface area contributed by atoms with E-state index in [0.29, 0.717) is 19.6 Å². The van der Waals surface area contributed by atoms with Gasteiger partial charge in [-0.3, -0.25) is 4.90 Å². The van der Waals surface area contributed by atoms with E-state index in [1.165, 1.54) is 5.57 Å². The molecule has 0 N–H and O–H groups in total. The summed E-state index contributed by atoms with van der Waals surface area (Å²) in [5.41, 5.74) is 2.32. The first kappa shape index (κ1) is 14.6. The lowest BCUT2D eigenvalue weighted by atomic mass is 10.1. The number of hydrogen-bond acceptors (Lipinski definition) is 4. The Hall–Kier alpha value is -1.33. The summed E-state index contributed by atoms with van der Waals surface area (Å²) in [4.78, 5) is 2.23. The van der Waals surface area contributed by atoms with Crippen molar-refractivity contribution in [2.24, 2.45) is 0 Å². The van der Waals surface area contributed by atoms with Gasteiger partial charge in [0.1, 0.15) is 12.4 Å². The lowest BCUT2D eigenvalue weighted by molar-refractivity contribution is 0.285. The van der Waals surface area contributed by atoms with Gasteiger partial charge in [-0.15, -0.1) is 0 Å². The Morgan fingerprint density at radius 3 is 2.95 bits per heavy atom. The van der Waals surface area contributed by atoms with E-state index >= 15 is 0 Å². The molecule has 2 aliphatic rings. The first-order valence-corrected chi connectivity index (χ1v) is 9.11. The summed E-state index contributed by atoms with van der Waals surface area (Å²) in [6, 6.07) is 7.99. The quantitative estimate of drug-likeness (QED) is 0.838. The highest BCUT2D eigenvalue weighted by Gasteiger charge is 2.26. The van der Waals surface area contributed by atoms with E-state index in [0.717, 1.165) is 24.4 Å². The highest BCUT2D eigenvalue weighted by Crippen LogP contribution is 2.26. The van der Waals surface area contributed by atoms with Crippen LogP contribution in [0.3, 0.4) is 0 Å². The number of ether oxygens (including phenoxy) is 1. The number of fused-ring (bicyclic) bond motifs is 1. The molecule has 0 aromatic heterocycles. The molecule has 1 aromatic rings. The third-order valence-corrected chi connectivity index (χ3v) is 6.49. The molecule has 1 saturated heterocycles. The van der Waals surface area contributed by atoms with Crippen LogP contribution in [0.4, 0.5) is 0 Å². The monoisotopic (exact) mass is 307 g/mol. The molecule has 21 heavy (non-hydrogen) atoms. The third-order valence-electron chi connectivity index (χ3n) is 4.28. The second-order valence-electron chi connectivity index (χ2n) is 5.87. The van der Waals surface area contributed by atoms with Crippen LogP contribution in [0.25, 0.3) is 6.08 Å². The number of sulfone groups is 1. The number of hydrogen-bond donors (Lipinski definition) is 0. The van der Waals surface area contributed by atoms with Crippen molar-refractivity contribution in [2.75, 3.05) is 32.0 Å². The van der Waals surface area contributed by atoms with Gasteiger partial charge in [0.2, 0.25) is 0 Å². The fraction of sp³-hybridized carbons (Fsp3) is 0.500. The minimum Gasteiger partial charge on any atom is -0.489 e. The van der Waals surface area contributed by atoms with Crippen LogP contribution in [0.5, 0.6) is 5.75 Å². The molecular formula is C16H21NO3S. The summed E-state index contributed by atoms with van der Waals surface area (Å²) in [5.74, 6) is 1.19. The zero-order valence-electron chi connectivity index (χ0n) is 12.3. The molecule has 0 bridgehead atoms. The summed E-state index contributed by atoms with van der Waals surface area (Å²) >= 11 is 0. The van der Waals surface area contributed by atoms with Crippen LogP contribution in [-0.4, -0.2) is 50.6 Å². The molecule has 1 fully saturated rings. The van der Waals surface area contributed by atoms with Crippen molar-refractivity contribution in [3.63, 3.8) is 0 Å². The van der Waals surface area contributed by atoms with Gasteiger partial charge >= 0.3 is 0 Å². The van der Waals surface area contributed by atoms with Gasteiger partial charge in [0, 0.05) is 18.7 Å². The summed E-state index contributed by atoms with van der Waals surface area (Å²) in [6.45, 7) is 4.65. The predicted octanol–water partition coefficient (Wildman–Crippen LogP) is 1.97. The van der Waals surface area contributed by atoms with Gasteiger partial charge in [-0.1, -0.05) is 18.2 Å². The number of para-hydroxylation sites is 1. The molecule has 0 aliphatic carbocycles. The molecule has 0 amide bonds. The Morgan fingerprint density at radius 1 is 1.29 bits per heavy atom. The van der Waals surface area contributed by atoms with E-state index < -0.39 is 9.84 Å². The van der Waals surface area contributed by atoms with Gasteiger partial charge in [-0.25, -0.2) is 8.42 Å². The summed E-state index contributed by atoms with van der Waals surface area (Å²) in [7, 11) is -2.91. The normalized spacial score (nSPS) is 25.4. The molecule has 3 rings (SSSR count). The smallest absolute Gasteiger partial charge is 0.154 e. The van der Waals surface area contributed by atoms with Crippen LogP contribution >= 0.6 is 0 Å². The highest BCUT2D eigenvalue weighted by atomic mass is 32.2. The Morgan fingerprint density at radius 2 is 2.10 bits per heavy atom. The van der Waals surface area contributed by atoms with Gasteiger partial charge in [0.05, 0.1) is 11.0 Å². The highest BCUT2D eigenvalue weighted by molar-refractivity contribution is 7.92. The molecule has 1 unspecified atom stereocenters. The average molecular weight is 307 g/mol. The third kappa shape index (κ3) is 3.30. The summed E-state index contributed by atoms with van der Waals surface area (Å²) in [5, 5.41) is -0.222. The van der Waals surface area contributed by atoms with Crippen molar-refractivity contribution < 1.29 is 13.2 Å². The molecule has 2 heterocycles. The molecule has 1 atom stereocenters. The predicted molar refractivity (Wildman–Crippen MR) is 84.2 cm³/mol. The number of benzene rings is 1. The maximum atomic E-state index is 11.9. The van der Waals surface area contributed by atoms with Crippen molar-refractivity contribution >= 4 is 15.9 Å². The van der Waals surface area contributed by atoms with E-state index in [2.05, 4.69) is 11.0 Å². The van der Waals surface area contributed by atoms with Gasteiger partial charge in [-0.2, -0.15) is 0 Å². The van der Waals surface area contributed by atoms with Crippen LogP contribution in [0.2, 0.25) is 0 Å². The molecule has 0 saturated carbocycles.